The molecule has 2 aromatic rings. The van der Waals surface area contributed by atoms with Gasteiger partial charge in [0.1, 0.15) is 10.4 Å². The molecule has 0 aliphatic heterocycles. The Bertz CT molecular complexity index is 548. The Kier molecular flexibility index (Phi) is 3.79. The van der Waals surface area contributed by atoms with E-state index >= 15 is 0 Å². The lowest BCUT2D eigenvalue weighted by atomic mass is 9.96. The first-order valence-corrected chi connectivity index (χ1v) is 6.77. The zero-order chi connectivity index (χ0) is 12.6. The van der Waals surface area contributed by atoms with Crippen LogP contribution >= 0.6 is 34.5 Å². The molecular weight excluding hydrogens is 275 g/mol. The highest BCUT2D eigenvalue weighted by Crippen LogP contribution is 2.38. The zero-order valence-electron chi connectivity index (χ0n) is 9.50. The summed E-state index contributed by atoms with van der Waals surface area (Å²) in [6.45, 7) is 4.02. The second-order valence-corrected chi connectivity index (χ2v) is 6.26. The van der Waals surface area contributed by atoms with Crippen LogP contribution in [0.5, 0.6) is 0 Å². The number of rotatable bonds is 2. The molecule has 2 rings (SSSR count). The fourth-order valence-corrected chi connectivity index (χ4v) is 3.30. The molecule has 0 aliphatic rings. The van der Waals surface area contributed by atoms with Gasteiger partial charge in [-0.3, -0.25) is 0 Å². The normalized spacial score (nSPS) is 12.8. The highest BCUT2D eigenvalue weighted by atomic mass is 35.5. The maximum Gasteiger partial charge on any atom is 0.107 e. The van der Waals surface area contributed by atoms with Crippen LogP contribution in [0.25, 0.3) is 0 Å². The van der Waals surface area contributed by atoms with E-state index in [2.05, 4.69) is 0 Å². The van der Waals surface area contributed by atoms with Crippen LogP contribution in [0.3, 0.4) is 0 Å². The van der Waals surface area contributed by atoms with Gasteiger partial charge in [0.15, 0.2) is 0 Å². The monoisotopic (exact) mass is 286 g/mol. The Morgan fingerprint density at radius 3 is 2.47 bits per heavy atom. The minimum Gasteiger partial charge on any atom is -0.384 e. The molecule has 17 heavy (non-hydrogen) atoms. The molecule has 1 nitrogen and oxygen atoms in total. The lowest BCUT2D eigenvalue weighted by Crippen LogP contribution is -2.02. The molecule has 1 heterocycles. The molecule has 0 bridgehead atoms. The van der Waals surface area contributed by atoms with Crippen molar-refractivity contribution >= 4 is 34.5 Å². The average molecular weight is 287 g/mol. The Hall–Kier alpha value is -0.540. The van der Waals surface area contributed by atoms with Gasteiger partial charge in [-0.05, 0) is 36.6 Å². The highest BCUT2D eigenvalue weighted by Gasteiger charge is 2.18. The van der Waals surface area contributed by atoms with Gasteiger partial charge >= 0.3 is 0 Å². The average Bonchev–Trinajstić information content (AvgIpc) is 2.61. The molecule has 0 amide bonds. The molecule has 1 aromatic heterocycles. The fourth-order valence-electron chi connectivity index (χ4n) is 1.78. The quantitative estimate of drug-likeness (QED) is 0.844. The molecule has 1 aromatic carbocycles. The van der Waals surface area contributed by atoms with Crippen molar-refractivity contribution in [1.82, 2.24) is 0 Å². The van der Waals surface area contributed by atoms with Gasteiger partial charge < -0.3 is 5.11 Å². The molecule has 0 saturated carbocycles. The first-order chi connectivity index (χ1) is 8.00. The SMILES string of the molecule is Cc1cccc(C(O)c2cc(Cl)sc2Cl)c1C. The van der Waals surface area contributed by atoms with Crippen molar-refractivity contribution in [2.24, 2.45) is 0 Å². The van der Waals surface area contributed by atoms with E-state index in [4.69, 9.17) is 23.2 Å². The Morgan fingerprint density at radius 2 is 1.88 bits per heavy atom. The number of hydrogen-bond donors (Lipinski definition) is 1. The molecule has 1 atom stereocenters. The van der Waals surface area contributed by atoms with E-state index in [1.165, 1.54) is 11.3 Å². The van der Waals surface area contributed by atoms with Gasteiger partial charge in [-0.15, -0.1) is 11.3 Å². The third-order valence-electron chi connectivity index (χ3n) is 2.92. The molecule has 1 N–H and O–H groups in total. The Balaban J connectivity index is 2.47. The minimum atomic E-state index is -0.717. The van der Waals surface area contributed by atoms with E-state index in [-0.39, 0.29) is 0 Å². The van der Waals surface area contributed by atoms with Crippen LogP contribution in [0, 0.1) is 13.8 Å². The van der Waals surface area contributed by atoms with Crippen LogP contribution in [0.1, 0.15) is 28.4 Å². The molecular formula is C13H12Cl2OS. The number of aryl methyl sites for hydroxylation is 1. The second kappa shape index (κ2) is 4.99. The predicted molar refractivity (Wildman–Crippen MR) is 74.3 cm³/mol. The van der Waals surface area contributed by atoms with Crippen LogP contribution in [0.2, 0.25) is 8.67 Å². The van der Waals surface area contributed by atoms with E-state index in [1.54, 1.807) is 6.07 Å². The van der Waals surface area contributed by atoms with Crippen molar-refractivity contribution < 1.29 is 5.11 Å². The fraction of sp³-hybridized carbons (Fsp3) is 0.231. The molecule has 1 unspecified atom stereocenters. The molecule has 0 saturated heterocycles. The number of hydrogen-bond acceptors (Lipinski definition) is 2. The number of benzene rings is 1. The second-order valence-electron chi connectivity index (χ2n) is 3.97. The third kappa shape index (κ3) is 2.50. The van der Waals surface area contributed by atoms with Crippen LogP contribution in [0.15, 0.2) is 24.3 Å². The highest BCUT2D eigenvalue weighted by molar-refractivity contribution is 7.20. The van der Waals surface area contributed by atoms with Crippen molar-refractivity contribution in [2.75, 3.05) is 0 Å². The summed E-state index contributed by atoms with van der Waals surface area (Å²) in [4.78, 5) is 0. The van der Waals surface area contributed by atoms with Crippen molar-refractivity contribution in [3.8, 4) is 0 Å². The first kappa shape index (κ1) is 12.9. The van der Waals surface area contributed by atoms with Crippen molar-refractivity contribution in [3.63, 3.8) is 0 Å². The summed E-state index contributed by atoms with van der Waals surface area (Å²) in [5.74, 6) is 0. The Morgan fingerprint density at radius 1 is 1.18 bits per heavy atom. The van der Waals surface area contributed by atoms with Gasteiger partial charge in [0, 0.05) is 5.56 Å². The molecule has 90 valence electrons. The van der Waals surface area contributed by atoms with Gasteiger partial charge in [0.25, 0.3) is 0 Å². The zero-order valence-corrected chi connectivity index (χ0v) is 11.8. The van der Waals surface area contributed by atoms with Gasteiger partial charge in [0.2, 0.25) is 0 Å². The summed E-state index contributed by atoms with van der Waals surface area (Å²) < 4.78 is 1.14. The van der Waals surface area contributed by atoms with Crippen LogP contribution < -0.4 is 0 Å². The van der Waals surface area contributed by atoms with E-state index in [0.717, 1.165) is 16.7 Å². The lowest BCUT2D eigenvalue weighted by molar-refractivity contribution is 0.220. The molecule has 0 fully saturated rings. The summed E-state index contributed by atoms with van der Waals surface area (Å²) in [5.41, 5.74) is 3.79. The van der Waals surface area contributed by atoms with Gasteiger partial charge in [-0.2, -0.15) is 0 Å². The first-order valence-electron chi connectivity index (χ1n) is 5.19. The van der Waals surface area contributed by atoms with E-state index < -0.39 is 6.10 Å². The third-order valence-corrected chi connectivity index (χ3v) is 4.44. The standard InChI is InChI=1S/C13H12Cl2OS/c1-7-4-3-5-9(8(7)2)12(16)10-6-11(14)17-13(10)15/h3-6,12,16H,1-2H3. The largest absolute Gasteiger partial charge is 0.384 e. The van der Waals surface area contributed by atoms with E-state index in [1.807, 2.05) is 32.0 Å². The van der Waals surface area contributed by atoms with Gasteiger partial charge in [0.05, 0.1) is 4.34 Å². The van der Waals surface area contributed by atoms with Crippen molar-refractivity contribution in [1.29, 1.82) is 0 Å². The van der Waals surface area contributed by atoms with Crippen LogP contribution in [-0.4, -0.2) is 5.11 Å². The van der Waals surface area contributed by atoms with Crippen molar-refractivity contribution in [3.05, 3.63) is 55.2 Å². The summed E-state index contributed by atoms with van der Waals surface area (Å²) in [7, 11) is 0. The number of aliphatic hydroxyl groups excluding tert-OH is 1. The van der Waals surface area contributed by atoms with Gasteiger partial charge in [-0.1, -0.05) is 41.4 Å². The minimum absolute atomic E-state index is 0.545. The van der Waals surface area contributed by atoms with Crippen LogP contribution in [0.4, 0.5) is 0 Å². The molecule has 0 spiro atoms. The summed E-state index contributed by atoms with van der Waals surface area (Å²) >= 11 is 13.2. The smallest absolute Gasteiger partial charge is 0.107 e. The number of aliphatic hydroxyl groups is 1. The van der Waals surface area contributed by atoms with Crippen LogP contribution in [-0.2, 0) is 0 Å². The Labute approximate surface area is 115 Å². The van der Waals surface area contributed by atoms with Gasteiger partial charge in [-0.25, -0.2) is 0 Å². The lowest BCUT2D eigenvalue weighted by Gasteiger charge is -2.14. The molecule has 0 aliphatic carbocycles. The molecule has 4 heteroatoms. The van der Waals surface area contributed by atoms with E-state index in [9.17, 15) is 5.11 Å². The maximum absolute atomic E-state index is 10.4. The van der Waals surface area contributed by atoms with E-state index in [0.29, 0.717) is 14.2 Å². The maximum atomic E-state index is 10.4. The summed E-state index contributed by atoms with van der Waals surface area (Å²) in [5, 5.41) is 10.4. The number of thiophene rings is 1. The summed E-state index contributed by atoms with van der Waals surface area (Å²) in [6.07, 6.45) is -0.717. The predicted octanol–water partition coefficient (Wildman–Crippen LogP) is 4.75. The molecule has 0 radical (unpaired) electrons. The summed E-state index contributed by atoms with van der Waals surface area (Å²) in [6, 6.07) is 7.59. The number of halogens is 2. The topological polar surface area (TPSA) is 20.2 Å². The van der Waals surface area contributed by atoms with Crippen molar-refractivity contribution in [2.45, 2.75) is 20.0 Å².